The Labute approximate surface area is 469 Å². The van der Waals surface area contributed by atoms with Crippen LogP contribution in [0.5, 0.6) is 0 Å². The lowest BCUT2D eigenvalue weighted by atomic mass is 10.0. The fourth-order valence-corrected chi connectivity index (χ4v) is 8.51. The molecule has 76 heavy (non-hydrogen) atoms. The van der Waals surface area contributed by atoms with Crippen LogP contribution in [0.2, 0.25) is 0 Å². The number of allylic oxidation sites excluding steroid dienone is 20. The second-order valence-corrected chi connectivity index (χ2v) is 20.5. The van der Waals surface area contributed by atoms with Crippen molar-refractivity contribution in [1.82, 2.24) is 0 Å². The van der Waals surface area contributed by atoms with E-state index in [0.29, 0.717) is 19.3 Å². The van der Waals surface area contributed by atoms with Gasteiger partial charge in [0.15, 0.2) is 6.10 Å². The molecular formula is C70H116O6. The summed E-state index contributed by atoms with van der Waals surface area (Å²) in [5.74, 6) is -0.918. The Bertz CT molecular complexity index is 1590. The topological polar surface area (TPSA) is 78.9 Å². The lowest BCUT2D eigenvalue weighted by Gasteiger charge is -2.18. The van der Waals surface area contributed by atoms with Gasteiger partial charge in [-0.3, -0.25) is 14.4 Å². The zero-order chi connectivity index (χ0) is 55.0. The molecule has 0 fully saturated rings. The van der Waals surface area contributed by atoms with Gasteiger partial charge in [-0.25, -0.2) is 0 Å². The molecule has 1 atom stereocenters. The first kappa shape index (κ1) is 71.8. The summed E-state index contributed by atoms with van der Waals surface area (Å²) >= 11 is 0. The number of rotatable bonds is 56. The maximum atomic E-state index is 12.9. The second kappa shape index (κ2) is 63.3. The van der Waals surface area contributed by atoms with Gasteiger partial charge in [0.2, 0.25) is 0 Å². The van der Waals surface area contributed by atoms with E-state index in [0.717, 1.165) is 141 Å². The summed E-state index contributed by atoms with van der Waals surface area (Å²) in [6.45, 7) is 6.38. The smallest absolute Gasteiger partial charge is 0.306 e. The molecule has 0 radical (unpaired) electrons. The molecule has 0 aliphatic rings. The number of unbranched alkanes of at least 4 members (excludes halogenated alkanes) is 25. The van der Waals surface area contributed by atoms with Gasteiger partial charge in [-0.2, -0.15) is 0 Å². The number of hydrogen-bond donors (Lipinski definition) is 0. The van der Waals surface area contributed by atoms with Crippen LogP contribution >= 0.6 is 0 Å². The van der Waals surface area contributed by atoms with Crippen LogP contribution in [0.25, 0.3) is 0 Å². The summed E-state index contributed by atoms with van der Waals surface area (Å²) in [7, 11) is 0. The summed E-state index contributed by atoms with van der Waals surface area (Å²) in [6.07, 6.45) is 87.7. The first-order chi connectivity index (χ1) is 37.5. The van der Waals surface area contributed by atoms with Crippen molar-refractivity contribution in [3.8, 4) is 0 Å². The number of carbonyl (C=O) groups excluding carboxylic acids is 3. The molecule has 0 aliphatic carbocycles. The van der Waals surface area contributed by atoms with Crippen molar-refractivity contribution >= 4 is 17.9 Å². The molecule has 0 saturated carbocycles. The van der Waals surface area contributed by atoms with E-state index in [1.807, 2.05) is 0 Å². The average molecular weight is 1050 g/mol. The van der Waals surface area contributed by atoms with Crippen molar-refractivity contribution in [1.29, 1.82) is 0 Å². The summed E-state index contributed by atoms with van der Waals surface area (Å²) in [5, 5.41) is 0. The van der Waals surface area contributed by atoms with E-state index in [4.69, 9.17) is 14.2 Å². The highest BCUT2D eigenvalue weighted by atomic mass is 16.6. The monoisotopic (exact) mass is 1050 g/mol. The third-order valence-electron chi connectivity index (χ3n) is 13.2. The molecule has 432 valence electrons. The van der Waals surface area contributed by atoms with E-state index >= 15 is 0 Å². The van der Waals surface area contributed by atoms with Gasteiger partial charge < -0.3 is 14.2 Å². The minimum atomic E-state index is -0.796. The fourth-order valence-electron chi connectivity index (χ4n) is 8.51. The SMILES string of the molecule is CC/C=C\C/C=C\C/C=C\C/C=C\C/C=C\CCCCCCCC(=O)OC(COC(=O)CCCCCCC/C=C\CCCCC)COC(=O)CCCCCCCCCCCCCC/C=C\C/C=C\C/C=C\C/C=C\CC. The van der Waals surface area contributed by atoms with E-state index < -0.39 is 6.10 Å². The molecule has 0 bridgehead atoms. The van der Waals surface area contributed by atoms with Gasteiger partial charge in [0.1, 0.15) is 13.2 Å². The van der Waals surface area contributed by atoms with E-state index in [2.05, 4.69) is 142 Å². The first-order valence-corrected chi connectivity index (χ1v) is 31.5. The van der Waals surface area contributed by atoms with Crippen molar-refractivity contribution in [2.75, 3.05) is 13.2 Å². The third kappa shape index (κ3) is 60.7. The number of ether oxygens (including phenoxy) is 3. The Morgan fingerprint density at radius 1 is 0.276 bits per heavy atom. The normalized spacial score (nSPS) is 12.9. The van der Waals surface area contributed by atoms with Crippen LogP contribution in [0.3, 0.4) is 0 Å². The molecule has 0 spiro atoms. The van der Waals surface area contributed by atoms with Gasteiger partial charge in [-0.1, -0.05) is 258 Å². The van der Waals surface area contributed by atoms with E-state index in [-0.39, 0.29) is 31.1 Å². The number of esters is 3. The Balaban J connectivity index is 4.35. The van der Waals surface area contributed by atoms with Crippen LogP contribution in [0.15, 0.2) is 122 Å². The van der Waals surface area contributed by atoms with Gasteiger partial charge in [0.05, 0.1) is 0 Å². The summed E-state index contributed by atoms with van der Waals surface area (Å²) in [5.41, 5.74) is 0. The van der Waals surface area contributed by atoms with Crippen LogP contribution in [-0.4, -0.2) is 37.2 Å². The van der Waals surface area contributed by atoms with Gasteiger partial charge in [-0.15, -0.1) is 0 Å². The molecule has 6 heteroatoms. The number of hydrogen-bond acceptors (Lipinski definition) is 6. The molecule has 0 aromatic heterocycles. The minimum absolute atomic E-state index is 0.0913. The van der Waals surface area contributed by atoms with Crippen molar-refractivity contribution in [2.45, 2.75) is 290 Å². The highest BCUT2D eigenvalue weighted by Crippen LogP contribution is 2.15. The van der Waals surface area contributed by atoms with Gasteiger partial charge in [0, 0.05) is 19.3 Å². The molecular weight excluding hydrogens is 937 g/mol. The lowest BCUT2D eigenvalue weighted by molar-refractivity contribution is -0.167. The first-order valence-electron chi connectivity index (χ1n) is 31.5. The molecule has 0 heterocycles. The van der Waals surface area contributed by atoms with Gasteiger partial charge in [0.25, 0.3) is 0 Å². The van der Waals surface area contributed by atoms with E-state index in [1.165, 1.54) is 103 Å². The van der Waals surface area contributed by atoms with Crippen molar-refractivity contribution < 1.29 is 28.6 Å². The largest absolute Gasteiger partial charge is 0.462 e. The van der Waals surface area contributed by atoms with Crippen LogP contribution in [0.4, 0.5) is 0 Å². The molecule has 0 aliphatic heterocycles. The Morgan fingerprint density at radius 3 is 0.816 bits per heavy atom. The van der Waals surface area contributed by atoms with Gasteiger partial charge >= 0.3 is 17.9 Å². The molecule has 0 saturated heterocycles. The average Bonchev–Trinajstić information content (AvgIpc) is 3.42. The molecule has 0 N–H and O–H groups in total. The summed E-state index contributed by atoms with van der Waals surface area (Å²) < 4.78 is 16.9. The standard InChI is InChI=1S/C70H116O6/c1-4-7-10-13-16-19-22-25-27-29-31-33-34-35-36-38-39-41-43-45-48-51-54-57-60-63-69(72)75-66-67(65-74-68(71)62-59-56-53-50-47-24-21-18-15-12-9-6-3)76-70(73)64-61-58-55-52-49-46-44-42-40-37-32-30-28-26-23-20-17-14-11-8-5-2/h7-8,10-11,16-21,25-28,31-33,37,42,44,67H,4-6,9,12-15,22-24,29-30,34-36,38-41,43,45-66H2,1-3H3/b10-7-,11-8-,19-16-,20-17-,21-18-,27-25-,28-26-,33-31-,37-32-,44-42-. The zero-order valence-corrected chi connectivity index (χ0v) is 49.5. The van der Waals surface area contributed by atoms with Crippen molar-refractivity contribution in [3.05, 3.63) is 122 Å². The molecule has 0 rings (SSSR count). The molecule has 0 aromatic rings. The Hall–Kier alpha value is -4.19. The van der Waals surface area contributed by atoms with Crippen LogP contribution in [0, 0.1) is 0 Å². The Morgan fingerprint density at radius 2 is 0.513 bits per heavy atom. The third-order valence-corrected chi connectivity index (χ3v) is 13.2. The highest BCUT2D eigenvalue weighted by molar-refractivity contribution is 5.71. The fraction of sp³-hybridized carbons (Fsp3) is 0.671. The molecule has 1 unspecified atom stereocenters. The van der Waals surface area contributed by atoms with Gasteiger partial charge in [-0.05, 0) is 128 Å². The van der Waals surface area contributed by atoms with Crippen molar-refractivity contribution in [2.24, 2.45) is 0 Å². The Kier molecular flexibility index (Phi) is 59.9. The lowest BCUT2D eigenvalue weighted by Crippen LogP contribution is -2.30. The van der Waals surface area contributed by atoms with Crippen LogP contribution < -0.4 is 0 Å². The molecule has 0 aromatic carbocycles. The van der Waals surface area contributed by atoms with E-state index in [1.54, 1.807) is 0 Å². The van der Waals surface area contributed by atoms with E-state index in [9.17, 15) is 14.4 Å². The maximum Gasteiger partial charge on any atom is 0.306 e. The summed E-state index contributed by atoms with van der Waals surface area (Å²) in [4.78, 5) is 38.3. The minimum Gasteiger partial charge on any atom is -0.462 e. The second-order valence-electron chi connectivity index (χ2n) is 20.5. The maximum absolute atomic E-state index is 12.9. The zero-order valence-electron chi connectivity index (χ0n) is 49.5. The van der Waals surface area contributed by atoms with Crippen LogP contribution in [0.1, 0.15) is 284 Å². The molecule has 0 amide bonds. The predicted octanol–water partition coefficient (Wildman–Crippen LogP) is 21.6. The summed E-state index contributed by atoms with van der Waals surface area (Å²) in [6, 6.07) is 0. The quantitative estimate of drug-likeness (QED) is 0.0261. The van der Waals surface area contributed by atoms with Crippen LogP contribution in [-0.2, 0) is 28.6 Å². The van der Waals surface area contributed by atoms with Crippen molar-refractivity contribution in [3.63, 3.8) is 0 Å². The number of carbonyl (C=O) groups is 3. The highest BCUT2D eigenvalue weighted by Gasteiger charge is 2.19. The molecule has 6 nitrogen and oxygen atoms in total. The predicted molar refractivity (Wildman–Crippen MR) is 330 cm³/mol.